The minimum Gasteiger partial charge on any atom is -0.484 e. The van der Waals surface area contributed by atoms with Crippen LogP contribution >= 0.6 is 0 Å². The quantitative estimate of drug-likeness (QED) is 0.493. The van der Waals surface area contributed by atoms with E-state index in [4.69, 9.17) is 4.74 Å². The third kappa shape index (κ3) is 4.00. The number of hydrogen-bond acceptors (Lipinski definition) is 4. The van der Waals surface area contributed by atoms with Crippen LogP contribution in [0.15, 0.2) is 42.7 Å². The van der Waals surface area contributed by atoms with Crippen LogP contribution in [0, 0.1) is 11.8 Å². The molecule has 152 valence electrons. The summed E-state index contributed by atoms with van der Waals surface area (Å²) in [5.74, 6) is -2.00. The summed E-state index contributed by atoms with van der Waals surface area (Å²) in [6.45, 7) is 0.228. The van der Waals surface area contributed by atoms with Crippen LogP contribution in [0.25, 0.3) is 10.8 Å². The van der Waals surface area contributed by atoms with Gasteiger partial charge in [0.15, 0.2) is 5.75 Å². The molecule has 2 atom stereocenters. The van der Waals surface area contributed by atoms with E-state index < -0.39 is 23.9 Å². The first-order valence-electron chi connectivity index (χ1n) is 8.98. The van der Waals surface area contributed by atoms with Gasteiger partial charge in [0.1, 0.15) is 17.6 Å². The van der Waals surface area contributed by atoms with E-state index in [0.29, 0.717) is 24.5 Å². The fraction of sp³-hybridized carbons (Fsp3) is 0.300. The molecule has 9 heteroatoms. The smallest absolute Gasteiger partial charge is 0.433 e. The lowest BCUT2D eigenvalue weighted by Gasteiger charge is -2.37. The number of halogens is 5. The normalized spacial score (nSPS) is 19.2. The molecule has 3 aromatic rings. The largest absolute Gasteiger partial charge is 0.484 e. The Bertz CT molecular complexity index is 1040. The van der Waals surface area contributed by atoms with Gasteiger partial charge in [-0.15, -0.1) is 0 Å². The van der Waals surface area contributed by atoms with Crippen molar-refractivity contribution < 1.29 is 26.7 Å². The first kappa shape index (κ1) is 19.5. The molecule has 4 nitrogen and oxygen atoms in total. The molecule has 0 aliphatic heterocycles. The topological polar surface area (TPSA) is 47.0 Å². The number of nitrogens with one attached hydrogen (secondary N) is 1. The van der Waals surface area contributed by atoms with E-state index in [9.17, 15) is 22.0 Å². The Hall–Kier alpha value is -2.81. The van der Waals surface area contributed by atoms with Crippen molar-refractivity contribution in [3.63, 3.8) is 0 Å². The van der Waals surface area contributed by atoms with Crippen LogP contribution in [-0.4, -0.2) is 22.1 Å². The van der Waals surface area contributed by atoms with E-state index in [1.165, 1.54) is 6.07 Å². The van der Waals surface area contributed by atoms with Gasteiger partial charge in [-0.05, 0) is 48.6 Å². The van der Waals surface area contributed by atoms with Crippen molar-refractivity contribution >= 4 is 10.8 Å². The van der Waals surface area contributed by atoms with Gasteiger partial charge in [0.2, 0.25) is 0 Å². The van der Waals surface area contributed by atoms with Gasteiger partial charge in [0.05, 0.1) is 0 Å². The molecule has 1 aromatic carbocycles. The number of hydrogen-bond donors (Lipinski definition) is 1. The average Bonchev–Trinajstić information content (AvgIpc) is 2.67. The van der Waals surface area contributed by atoms with Gasteiger partial charge in [-0.1, -0.05) is 0 Å². The van der Waals surface area contributed by atoms with Crippen LogP contribution in [0.4, 0.5) is 22.0 Å². The van der Waals surface area contributed by atoms with Gasteiger partial charge in [-0.25, -0.2) is 9.37 Å². The number of nitrogens with zero attached hydrogens (tertiary/aromatic N) is 2. The second-order valence-corrected chi connectivity index (χ2v) is 6.83. The van der Waals surface area contributed by atoms with Gasteiger partial charge >= 0.3 is 6.18 Å². The van der Waals surface area contributed by atoms with E-state index in [1.54, 1.807) is 24.5 Å². The molecule has 1 aliphatic carbocycles. The van der Waals surface area contributed by atoms with E-state index in [-0.39, 0.29) is 24.2 Å². The Morgan fingerprint density at radius 1 is 1.07 bits per heavy atom. The molecule has 0 amide bonds. The van der Waals surface area contributed by atoms with Crippen molar-refractivity contribution in [1.82, 2.24) is 15.3 Å². The highest BCUT2D eigenvalue weighted by atomic mass is 19.4. The number of ether oxygens (including phenoxy) is 1. The molecule has 0 saturated heterocycles. The zero-order valence-corrected chi connectivity index (χ0v) is 15.0. The number of benzene rings is 1. The van der Waals surface area contributed by atoms with Crippen LogP contribution in [0.3, 0.4) is 0 Å². The van der Waals surface area contributed by atoms with Gasteiger partial charge in [-0.3, -0.25) is 4.98 Å². The Morgan fingerprint density at radius 3 is 2.59 bits per heavy atom. The lowest BCUT2D eigenvalue weighted by atomic mass is 9.88. The van der Waals surface area contributed by atoms with Crippen molar-refractivity contribution in [2.45, 2.75) is 37.7 Å². The molecule has 1 saturated carbocycles. The number of alkyl halides is 3. The van der Waals surface area contributed by atoms with Crippen molar-refractivity contribution in [3.05, 3.63) is 65.7 Å². The standard InChI is InChI=1S/C20H16F5N3O/c21-14-2-1-11-9-26-8-7-12(11)13(14)10-27-15-3-4-16(15)29-17-5-6-18(20(23,24)25)28-19(17)22/h1-2,5-9,15-16,27H,3-4,10H2/t15-,16-/m1/s1. The van der Waals surface area contributed by atoms with Crippen LogP contribution < -0.4 is 10.1 Å². The monoisotopic (exact) mass is 409 g/mol. The predicted octanol–water partition coefficient (Wildman–Crippen LogP) is 4.63. The third-order valence-corrected chi connectivity index (χ3v) is 5.01. The second-order valence-electron chi connectivity index (χ2n) is 6.83. The van der Waals surface area contributed by atoms with Gasteiger partial charge < -0.3 is 10.1 Å². The first-order valence-corrected chi connectivity index (χ1v) is 8.98. The van der Waals surface area contributed by atoms with E-state index in [0.717, 1.165) is 16.8 Å². The molecule has 0 radical (unpaired) electrons. The van der Waals surface area contributed by atoms with Crippen molar-refractivity contribution in [3.8, 4) is 5.75 Å². The molecule has 0 unspecified atom stereocenters. The minimum atomic E-state index is -4.72. The van der Waals surface area contributed by atoms with Crippen LogP contribution in [0.2, 0.25) is 0 Å². The maximum absolute atomic E-state index is 14.3. The Balaban J connectivity index is 1.43. The predicted molar refractivity (Wildman–Crippen MR) is 95.2 cm³/mol. The molecule has 1 fully saturated rings. The van der Waals surface area contributed by atoms with E-state index >= 15 is 0 Å². The first-order chi connectivity index (χ1) is 13.8. The number of pyridine rings is 2. The summed E-state index contributed by atoms with van der Waals surface area (Å²) in [4.78, 5) is 6.95. The zero-order valence-electron chi connectivity index (χ0n) is 15.0. The van der Waals surface area contributed by atoms with Gasteiger partial charge in [0.25, 0.3) is 5.95 Å². The second kappa shape index (κ2) is 7.55. The summed E-state index contributed by atoms with van der Waals surface area (Å²) in [7, 11) is 0. The summed E-state index contributed by atoms with van der Waals surface area (Å²) in [6, 6.07) is 6.17. The molecule has 2 aromatic heterocycles. The van der Waals surface area contributed by atoms with Crippen LogP contribution in [-0.2, 0) is 12.7 Å². The summed E-state index contributed by atoms with van der Waals surface area (Å²) in [6.07, 6.45) is -0.621. The Kier molecular flexibility index (Phi) is 5.08. The van der Waals surface area contributed by atoms with E-state index in [1.807, 2.05) is 0 Å². The molecule has 0 bridgehead atoms. The highest BCUT2D eigenvalue weighted by molar-refractivity contribution is 5.84. The molecule has 29 heavy (non-hydrogen) atoms. The Labute approximate surface area is 162 Å². The minimum absolute atomic E-state index is 0.187. The summed E-state index contributed by atoms with van der Waals surface area (Å²) < 4.78 is 71.4. The van der Waals surface area contributed by atoms with Crippen LogP contribution in [0.5, 0.6) is 5.75 Å². The number of aromatic nitrogens is 2. The fourth-order valence-corrected chi connectivity index (χ4v) is 3.29. The van der Waals surface area contributed by atoms with Gasteiger partial charge in [-0.2, -0.15) is 17.6 Å². The Morgan fingerprint density at radius 2 is 1.90 bits per heavy atom. The lowest BCUT2D eigenvalue weighted by molar-refractivity contribution is -0.141. The van der Waals surface area contributed by atoms with E-state index in [2.05, 4.69) is 15.3 Å². The summed E-state index contributed by atoms with van der Waals surface area (Å²) in [5, 5.41) is 4.73. The van der Waals surface area contributed by atoms with Gasteiger partial charge in [0, 0.05) is 35.9 Å². The molecule has 1 aliphatic rings. The maximum Gasteiger partial charge on any atom is 0.433 e. The fourth-order valence-electron chi connectivity index (χ4n) is 3.29. The maximum atomic E-state index is 14.3. The van der Waals surface area contributed by atoms with Crippen molar-refractivity contribution in [1.29, 1.82) is 0 Å². The SMILES string of the molecule is Fc1ccc2cnccc2c1CN[C@@H]1CC[C@H]1Oc1ccc(C(F)(F)F)nc1F. The average molecular weight is 409 g/mol. The van der Waals surface area contributed by atoms with Crippen molar-refractivity contribution in [2.24, 2.45) is 0 Å². The molecule has 2 heterocycles. The highest BCUT2D eigenvalue weighted by Crippen LogP contribution is 2.32. The molecular formula is C20H16F5N3O. The molecule has 0 spiro atoms. The highest BCUT2D eigenvalue weighted by Gasteiger charge is 2.36. The molecule has 4 rings (SSSR count). The zero-order chi connectivity index (χ0) is 20.6. The summed E-state index contributed by atoms with van der Waals surface area (Å²) >= 11 is 0. The van der Waals surface area contributed by atoms with Crippen molar-refractivity contribution in [2.75, 3.05) is 0 Å². The summed E-state index contributed by atoms with van der Waals surface area (Å²) in [5.41, 5.74) is -0.829. The lowest BCUT2D eigenvalue weighted by Crippen LogP contribution is -2.50. The molecule has 1 N–H and O–H groups in total. The third-order valence-electron chi connectivity index (χ3n) is 5.01. The number of fused-ring (bicyclic) bond motifs is 1. The number of rotatable bonds is 5. The molecular weight excluding hydrogens is 393 g/mol. The van der Waals surface area contributed by atoms with Crippen LogP contribution in [0.1, 0.15) is 24.1 Å².